The van der Waals surface area contributed by atoms with Crippen molar-refractivity contribution in [2.24, 2.45) is 0 Å². The van der Waals surface area contributed by atoms with Crippen LogP contribution in [0.25, 0.3) is 10.9 Å². The number of aliphatic hydroxyl groups excluding tert-OH is 1. The Morgan fingerprint density at radius 2 is 2.16 bits per heavy atom. The highest BCUT2D eigenvalue weighted by atomic mass is 16.6. The Labute approximate surface area is 111 Å². The molecule has 2 atom stereocenters. The fourth-order valence-corrected chi connectivity index (χ4v) is 2.47. The molecule has 0 aliphatic rings. The Kier molecular flexibility index (Phi) is 3.76. The predicted octanol–water partition coefficient (Wildman–Crippen LogP) is 3.02. The first-order chi connectivity index (χ1) is 9.06. The van der Waals surface area contributed by atoms with E-state index in [1.807, 2.05) is 19.1 Å². The number of non-ortho nitro benzene ring substituents is 1. The van der Waals surface area contributed by atoms with Crippen molar-refractivity contribution in [1.29, 1.82) is 0 Å². The number of pyridine rings is 1. The second-order valence-corrected chi connectivity index (χ2v) is 4.59. The average molecular weight is 260 g/mol. The lowest BCUT2D eigenvalue weighted by molar-refractivity contribution is -0.383. The van der Waals surface area contributed by atoms with Crippen LogP contribution in [-0.4, -0.2) is 21.1 Å². The molecule has 0 bridgehead atoms. The molecule has 0 spiro atoms. The number of para-hydroxylation sites is 1. The van der Waals surface area contributed by atoms with Crippen LogP contribution in [0.5, 0.6) is 0 Å². The number of nitro groups is 1. The Morgan fingerprint density at radius 3 is 2.74 bits per heavy atom. The van der Waals surface area contributed by atoms with E-state index in [-0.39, 0.29) is 11.6 Å². The number of aliphatic hydroxyl groups is 1. The van der Waals surface area contributed by atoms with Gasteiger partial charge in [-0.3, -0.25) is 10.1 Å². The molecule has 19 heavy (non-hydrogen) atoms. The molecule has 2 aromatic rings. The van der Waals surface area contributed by atoms with Crippen molar-refractivity contribution in [3.63, 3.8) is 0 Å². The first kappa shape index (κ1) is 13.4. The van der Waals surface area contributed by atoms with Crippen LogP contribution in [0.4, 0.5) is 5.69 Å². The molecule has 0 saturated heterocycles. The smallest absolute Gasteiger partial charge is 0.295 e. The van der Waals surface area contributed by atoms with Gasteiger partial charge in [0, 0.05) is 23.6 Å². The Bertz CT molecular complexity index is 611. The second-order valence-electron chi connectivity index (χ2n) is 4.59. The molecule has 5 heteroatoms. The van der Waals surface area contributed by atoms with Gasteiger partial charge in [0.2, 0.25) is 0 Å². The Hall–Kier alpha value is -2.01. The number of nitrogens with zero attached hydrogens (tertiary/aromatic N) is 2. The van der Waals surface area contributed by atoms with E-state index < -0.39 is 11.0 Å². The molecule has 1 aromatic carbocycles. The van der Waals surface area contributed by atoms with Gasteiger partial charge in [0.05, 0.1) is 11.0 Å². The van der Waals surface area contributed by atoms with Gasteiger partial charge in [-0.05, 0) is 25.0 Å². The van der Waals surface area contributed by atoms with Gasteiger partial charge in [-0.15, -0.1) is 0 Å². The van der Waals surface area contributed by atoms with Crippen LogP contribution in [0.2, 0.25) is 0 Å². The second kappa shape index (κ2) is 5.32. The summed E-state index contributed by atoms with van der Waals surface area (Å²) < 4.78 is 0. The fourth-order valence-electron chi connectivity index (χ4n) is 2.47. The van der Waals surface area contributed by atoms with Crippen LogP contribution >= 0.6 is 0 Å². The molecule has 100 valence electrons. The van der Waals surface area contributed by atoms with E-state index in [4.69, 9.17) is 0 Å². The number of fused-ring (bicyclic) bond motifs is 1. The van der Waals surface area contributed by atoms with Crippen molar-refractivity contribution in [2.75, 3.05) is 0 Å². The topological polar surface area (TPSA) is 76.3 Å². The number of rotatable bonds is 4. The summed E-state index contributed by atoms with van der Waals surface area (Å²) in [7, 11) is 0. The van der Waals surface area contributed by atoms with Gasteiger partial charge < -0.3 is 5.11 Å². The van der Waals surface area contributed by atoms with E-state index in [0.717, 1.165) is 17.4 Å². The minimum Gasteiger partial charge on any atom is -0.393 e. The lowest BCUT2D eigenvalue weighted by Gasteiger charge is -2.20. The summed E-state index contributed by atoms with van der Waals surface area (Å²) in [4.78, 5) is 14.7. The van der Waals surface area contributed by atoms with Crippen LogP contribution < -0.4 is 0 Å². The van der Waals surface area contributed by atoms with Crippen molar-refractivity contribution < 1.29 is 10.0 Å². The van der Waals surface area contributed by atoms with Gasteiger partial charge in [-0.2, -0.15) is 0 Å². The van der Waals surface area contributed by atoms with Gasteiger partial charge in [0.1, 0.15) is 5.52 Å². The minimum absolute atomic E-state index is 0.000189. The summed E-state index contributed by atoms with van der Waals surface area (Å²) in [5.74, 6) is -0.0486. The van der Waals surface area contributed by atoms with Crippen LogP contribution in [0.3, 0.4) is 0 Å². The molecule has 5 nitrogen and oxygen atoms in total. The maximum atomic E-state index is 11.0. The molecule has 0 radical (unpaired) electrons. The van der Waals surface area contributed by atoms with Gasteiger partial charge in [-0.25, -0.2) is 4.98 Å². The third-order valence-corrected chi connectivity index (χ3v) is 3.40. The molecule has 0 saturated carbocycles. The zero-order valence-corrected chi connectivity index (χ0v) is 10.9. The quantitative estimate of drug-likeness (QED) is 0.677. The predicted molar refractivity (Wildman–Crippen MR) is 73.1 cm³/mol. The van der Waals surface area contributed by atoms with Gasteiger partial charge in [0.25, 0.3) is 5.69 Å². The molecule has 0 aliphatic carbocycles. The summed E-state index contributed by atoms with van der Waals surface area (Å²) in [6, 6.07) is 6.74. The molecule has 2 unspecified atom stereocenters. The van der Waals surface area contributed by atoms with Crippen molar-refractivity contribution in [3.8, 4) is 0 Å². The average Bonchev–Trinajstić information content (AvgIpc) is 2.38. The molecule has 0 aliphatic heterocycles. The number of hydrogen-bond acceptors (Lipinski definition) is 4. The zero-order chi connectivity index (χ0) is 14.0. The van der Waals surface area contributed by atoms with Crippen molar-refractivity contribution in [1.82, 2.24) is 4.98 Å². The summed E-state index contributed by atoms with van der Waals surface area (Å²) >= 11 is 0. The molecule has 1 aromatic heterocycles. The third-order valence-electron chi connectivity index (χ3n) is 3.40. The first-order valence-corrected chi connectivity index (χ1v) is 6.26. The van der Waals surface area contributed by atoms with E-state index in [1.54, 1.807) is 19.2 Å². The lowest BCUT2D eigenvalue weighted by atomic mass is 9.89. The van der Waals surface area contributed by atoms with Crippen LogP contribution in [0.1, 0.15) is 31.7 Å². The van der Waals surface area contributed by atoms with E-state index >= 15 is 0 Å². The highest BCUT2D eigenvalue weighted by molar-refractivity contribution is 5.89. The number of hydrogen-bond donors (Lipinski definition) is 1. The lowest BCUT2D eigenvalue weighted by Crippen LogP contribution is -2.14. The zero-order valence-electron chi connectivity index (χ0n) is 10.9. The third kappa shape index (κ3) is 2.42. The number of aromatic nitrogens is 1. The van der Waals surface area contributed by atoms with Gasteiger partial charge in [0.15, 0.2) is 0 Å². The minimum atomic E-state index is -0.505. The fraction of sp³-hybridized carbons (Fsp3) is 0.357. The highest BCUT2D eigenvalue weighted by Crippen LogP contribution is 2.32. The maximum Gasteiger partial charge on any atom is 0.295 e. The normalized spacial score (nSPS) is 14.3. The Morgan fingerprint density at radius 1 is 1.42 bits per heavy atom. The summed E-state index contributed by atoms with van der Waals surface area (Å²) in [6.07, 6.45) is 1.82. The highest BCUT2D eigenvalue weighted by Gasteiger charge is 2.21. The molecule has 0 amide bonds. The van der Waals surface area contributed by atoms with Crippen molar-refractivity contribution in [2.45, 2.75) is 32.3 Å². The molecule has 0 fully saturated rings. The summed E-state index contributed by atoms with van der Waals surface area (Å²) in [5, 5.41) is 21.6. The molecule has 1 N–H and O–H groups in total. The van der Waals surface area contributed by atoms with E-state index in [2.05, 4.69) is 4.98 Å². The summed E-state index contributed by atoms with van der Waals surface area (Å²) in [5.41, 5.74) is 1.29. The van der Waals surface area contributed by atoms with Crippen molar-refractivity contribution in [3.05, 3.63) is 46.1 Å². The number of benzene rings is 1. The monoisotopic (exact) mass is 260 g/mol. The molecule has 2 rings (SSSR count). The van der Waals surface area contributed by atoms with E-state index in [0.29, 0.717) is 5.52 Å². The largest absolute Gasteiger partial charge is 0.393 e. The standard InChI is InChI=1S/C14H16N2O3/c1-3-10(9(2)17)11-7-8-15-14-12(11)5-4-6-13(14)16(18)19/h4-10,17H,3H2,1-2H3. The SMILES string of the molecule is CCC(c1ccnc2c([N+](=O)[O-])cccc12)C(C)O. The molecule has 1 heterocycles. The van der Waals surface area contributed by atoms with Crippen LogP contribution in [0, 0.1) is 10.1 Å². The van der Waals surface area contributed by atoms with Gasteiger partial charge in [-0.1, -0.05) is 19.1 Å². The maximum absolute atomic E-state index is 11.0. The van der Waals surface area contributed by atoms with Crippen LogP contribution in [0.15, 0.2) is 30.5 Å². The molecular formula is C14H16N2O3. The van der Waals surface area contributed by atoms with Crippen LogP contribution in [-0.2, 0) is 0 Å². The van der Waals surface area contributed by atoms with Crippen molar-refractivity contribution >= 4 is 16.6 Å². The van der Waals surface area contributed by atoms with E-state index in [9.17, 15) is 15.2 Å². The Balaban J connectivity index is 2.70. The van der Waals surface area contributed by atoms with E-state index in [1.165, 1.54) is 6.07 Å². The first-order valence-electron chi connectivity index (χ1n) is 6.26. The number of nitro benzene ring substituents is 1. The molecular weight excluding hydrogens is 244 g/mol. The summed E-state index contributed by atoms with van der Waals surface area (Å²) in [6.45, 7) is 3.72. The van der Waals surface area contributed by atoms with Gasteiger partial charge >= 0.3 is 0 Å².